The number of methoxy groups -OCH3 is 1. The number of nitrogens with two attached hydrogens (primary N) is 1. The summed E-state index contributed by atoms with van der Waals surface area (Å²) >= 11 is 1.27. The van der Waals surface area contributed by atoms with Gasteiger partial charge in [-0.2, -0.15) is 0 Å². The predicted molar refractivity (Wildman–Crippen MR) is 74.4 cm³/mol. The van der Waals surface area contributed by atoms with Crippen molar-refractivity contribution in [1.29, 1.82) is 0 Å². The smallest absolute Gasteiger partial charge is 0.357 e. The number of aromatic nitrogens is 1. The molecule has 0 fully saturated rings. The maximum absolute atomic E-state index is 11.7. The molecular formula is C12H19N3O3S. The van der Waals surface area contributed by atoms with Gasteiger partial charge in [0, 0.05) is 4.88 Å². The van der Waals surface area contributed by atoms with Crippen LogP contribution in [-0.4, -0.2) is 30.0 Å². The molecule has 19 heavy (non-hydrogen) atoms. The molecule has 0 saturated carbocycles. The molecule has 0 aliphatic rings. The first kappa shape index (κ1) is 15.6. The van der Waals surface area contributed by atoms with Crippen LogP contribution in [0.5, 0.6) is 0 Å². The summed E-state index contributed by atoms with van der Waals surface area (Å²) in [7, 11) is 1.30. The van der Waals surface area contributed by atoms with Crippen LogP contribution >= 0.6 is 11.3 Å². The van der Waals surface area contributed by atoms with Gasteiger partial charge in [0.25, 0.3) is 0 Å². The van der Waals surface area contributed by atoms with Crippen LogP contribution in [0.2, 0.25) is 0 Å². The molecule has 7 heteroatoms. The summed E-state index contributed by atoms with van der Waals surface area (Å²) < 4.78 is 4.68. The molecule has 3 N–H and O–H groups in total. The number of rotatable bonds is 5. The zero-order valence-electron chi connectivity index (χ0n) is 11.5. The largest absolute Gasteiger partial charge is 0.464 e. The predicted octanol–water partition coefficient (Wildman–Crippen LogP) is 1.73. The molecule has 0 aliphatic heterocycles. The van der Waals surface area contributed by atoms with Crippen molar-refractivity contribution in [3.8, 4) is 0 Å². The van der Waals surface area contributed by atoms with E-state index in [-0.39, 0.29) is 17.5 Å². The van der Waals surface area contributed by atoms with Gasteiger partial charge in [0.05, 0.1) is 13.2 Å². The first-order chi connectivity index (χ1) is 8.90. The van der Waals surface area contributed by atoms with Crippen molar-refractivity contribution in [1.82, 2.24) is 4.98 Å². The van der Waals surface area contributed by atoms with E-state index in [0.29, 0.717) is 11.6 Å². The second kappa shape index (κ2) is 6.63. The van der Waals surface area contributed by atoms with E-state index < -0.39 is 12.0 Å². The van der Waals surface area contributed by atoms with E-state index in [9.17, 15) is 9.59 Å². The Morgan fingerprint density at radius 1 is 1.47 bits per heavy atom. The lowest BCUT2D eigenvalue weighted by Gasteiger charge is -2.06. The Kier molecular flexibility index (Phi) is 5.44. The van der Waals surface area contributed by atoms with Crippen LogP contribution in [0.1, 0.15) is 48.5 Å². The molecular weight excluding hydrogens is 266 g/mol. The van der Waals surface area contributed by atoms with E-state index in [0.717, 1.165) is 4.88 Å². The first-order valence-corrected chi connectivity index (χ1v) is 6.87. The number of hydrogen-bond acceptors (Lipinski definition) is 6. The van der Waals surface area contributed by atoms with Crippen molar-refractivity contribution >= 4 is 28.3 Å². The number of thiazole rings is 1. The third-order valence-electron chi connectivity index (χ3n) is 2.56. The number of nitrogens with one attached hydrogen (secondary N) is 1. The molecule has 0 spiro atoms. The van der Waals surface area contributed by atoms with Crippen LogP contribution in [0.25, 0.3) is 0 Å². The second-order valence-corrected chi connectivity index (χ2v) is 5.41. The first-order valence-electron chi connectivity index (χ1n) is 6.06. The van der Waals surface area contributed by atoms with E-state index in [2.05, 4.69) is 15.0 Å². The van der Waals surface area contributed by atoms with Gasteiger partial charge in [-0.05, 0) is 12.3 Å². The fourth-order valence-electron chi connectivity index (χ4n) is 1.40. The summed E-state index contributed by atoms with van der Waals surface area (Å²) in [6.45, 7) is 5.72. The lowest BCUT2D eigenvalue weighted by molar-refractivity contribution is -0.117. The molecule has 1 amide bonds. The lowest BCUT2D eigenvalue weighted by atomic mass is 10.1. The highest BCUT2D eigenvalue weighted by molar-refractivity contribution is 7.16. The van der Waals surface area contributed by atoms with Crippen LogP contribution in [0.4, 0.5) is 5.13 Å². The minimum absolute atomic E-state index is 0.122. The minimum atomic E-state index is -0.576. The average molecular weight is 285 g/mol. The zero-order chi connectivity index (χ0) is 14.6. The third kappa shape index (κ3) is 3.74. The Labute approximate surface area is 116 Å². The normalized spacial score (nSPS) is 12.3. The van der Waals surface area contributed by atoms with Gasteiger partial charge in [-0.25, -0.2) is 9.78 Å². The highest BCUT2D eigenvalue weighted by atomic mass is 32.1. The Morgan fingerprint density at radius 3 is 2.58 bits per heavy atom. The van der Waals surface area contributed by atoms with Crippen LogP contribution in [-0.2, 0) is 9.53 Å². The number of esters is 1. The Hall–Kier alpha value is -1.47. The Balaban J connectivity index is 2.98. The van der Waals surface area contributed by atoms with Crippen molar-refractivity contribution in [2.24, 2.45) is 5.73 Å². The van der Waals surface area contributed by atoms with E-state index >= 15 is 0 Å². The Bertz CT molecular complexity index is 471. The van der Waals surface area contributed by atoms with Gasteiger partial charge in [-0.3, -0.25) is 4.79 Å². The van der Waals surface area contributed by atoms with E-state index in [1.807, 2.05) is 20.8 Å². The van der Waals surface area contributed by atoms with Crippen molar-refractivity contribution in [2.45, 2.75) is 39.2 Å². The van der Waals surface area contributed by atoms with E-state index in [4.69, 9.17) is 5.73 Å². The topological polar surface area (TPSA) is 94.3 Å². The minimum Gasteiger partial charge on any atom is -0.464 e. The molecule has 1 aromatic rings. The third-order valence-corrected chi connectivity index (χ3v) is 3.83. The van der Waals surface area contributed by atoms with Crippen molar-refractivity contribution in [3.63, 3.8) is 0 Å². The van der Waals surface area contributed by atoms with E-state index in [1.54, 1.807) is 0 Å². The molecule has 0 aromatic carbocycles. The van der Waals surface area contributed by atoms with E-state index in [1.165, 1.54) is 18.4 Å². The summed E-state index contributed by atoms with van der Waals surface area (Å²) in [5.41, 5.74) is 5.88. The van der Waals surface area contributed by atoms with Gasteiger partial charge in [-0.1, -0.05) is 20.8 Å². The SMILES string of the molecule is CC[C@H](N)C(=O)Nc1nc(C(=O)OC)c(C(C)C)s1. The lowest BCUT2D eigenvalue weighted by Crippen LogP contribution is -2.34. The molecule has 106 valence electrons. The van der Waals surface area contributed by atoms with Crippen LogP contribution in [0.15, 0.2) is 0 Å². The fraction of sp³-hybridized carbons (Fsp3) is 0.583. The monoisotopic (exact) mass is 285 g/mol. The number of anilines is 1. The van der Waals surface area contributed by atoms with Crippen LogP contribution < -0.4 is 11.1 Å². The van der Waals surface area contributed by atoms with Crippen molar-refractivity contribution in [3.05, 3.63) is 10.6 Å². The van der Waals surface area contributed by atoms with Crippen LogP contribution in [0.3, 0.4) is 0 Å². The molecule has 0 unspecified atom stereocenters. The van der Waals surface area contributed by atoms with Gasteiger partial charge in [-0.15, -0.1) is 11.3 Å². The van der Waals surface area contributed by atoms with Crippen molar-refractivity contribution in [2.75, 3.05) is 12.4 Å². The van der Waals surface area contributed by atoms with Crippen molar-refractivity contribution < 1.29 is 14.3 Å². The highest BCUT2D eigenvalue weighted by Crippen LogP contribution is 2.30. The quantitative estimate of drug-likeness (QED) is 0.803. The molecule has 6 nitrogen and oxygen atoms in total. The summed E-state index contributed by atoms with van der Waals surface area (Å²) in [6, 6.07) is -0.576. The van der Waals surface area contributed by atoms with Gasteiger partial charge in [0.2, 0.25) is 5.91 Å². The molecule has 0 radical (unpaired) electrons. The Morgan fingerprint density at radius 2 is 2.11 bits per heavy atom. The molecule has 0 saturated heterocycles. The van der Waals surface area contributed by atoms with Gasteiger partial charge >= 0.3 is 5.97 Å². The number of carbonyl (C=O) groups is 2. The number of nitrogens with zero attached hydrogens (tertiary/aromatic N) is 1. The number of carbonyl (C=O) groups excluding carboxylic acids is 2. The molecule has 1 aromatic heterocycles. The number of hydrogen-bond donors (Lipinski definition) is 2. The maximum atomic E-state index is 11.7. The summed E-state index contributed by atoms with van der Waals surface area (Å²) in [6.07, 6.45) is 0.540. The maximum Gasteiger partial charge on any atom is 0.357 e. The molecule has 1 heterocycles. The molecule has 1 rings (SSSR count). The fourth-order valence-corrected chi connectivity index (χ4v) is 2.36. The molecule has 1 atom stereocenters. The second-order valence-electron chi connectivity index (χ2n) is 4.38. The number of amides is 1. The molecule has 0 bridgehead atoms. The van der Waals surface area contributed by atoms with Gasteiger partial charge in [0.15, 0.2) is 10.8 Å². The van der Waals surface area contributed by atoms with Gasteiger partial charge < -0.3 is 15.8 Å². The molecule has 0 aliphatic carbocycles. The summed E-state index contributed by atoms with van der Waals surface area (Å²) in [5, 5.41) is 3.00. The summed E-state index contributed by atoms with van der Waals surface area (Å²) in [5.74, 6) is -0.680. The van der Waals surface area contributed by atoms with Crippen LogP contribution in [0, 0.1) is 0 Å². The highest BCUT2D eigenvalue weighted by Gasteiger charge is 2.22. The zero-order valence-corrected chi connectivity index (χ0v) is 12.3. The standard InChI is InChI=1S/C12H19N3O3S/c1-5-7(13)10(16)15-12-14-8(11(17)18-4)9(19-12)6(2)3/h6-7H,5,13H2,1-4H3,(H,14,15,16)/t7-/m0/s1. The van der Waals surface area contributed by atoms with Gasteiger partial charge in [0.1, 0.15) is 0 Å². The average Bonchev–Trinajstić information content (AvgIpc) is 2.80. The summed E-state index contributed by atoms with van der Waals surface area (Å²) in [4.78, 5) is 28.2. The number of ether oxygens (including phenoxy) is 1.